The Hall–Kier alpha value is 0.120. The summed E-state index contributed by atoms with van der Waals surface area (Å²) in [5.74, 6) is 2.57. The number of aliphatic hydroxyl groups is 2. The van der Waals surface area contributed by atoms with Crippen LogP contribution in [0.2, 0.25) is 0 Å². The summed E-state index contributed by atoms with van der Waals surface area (Å²) in [5, 5.41) is 24.4. The summed E-state index contributed by atoms with van der Waals surface area (Å²) in [7, 11) is 0. The van der Waals surface area contributed by atoms with Crippen molar-refractivity contribution in [2.45, 2.75) is 0 Å². The lowest BCUT2D eigenvalue weighted by Crippen LogP contribution is -2.23. The average Bonchev–Trinajstić information content (AvgIpc) is 2.93. The molecule has 0 aromatic carbocycles. The molecule has 0 atom stereocenters. The number of carbonyl (C=O) groups is 2. The van der Waals surface area contributed by atoms with E-state index in [4.69, 9.17) is 34.3 Å². The van der Waals surface area contributed by atoms with Crippen LogP contribution in [0, 0.1) is 0 Å². The molecule has 0 spiro atoms. The largest absolute Gasteiger partial charge is 0.438 e. The Morgan fingerprint density at radius 2 is 1.05 bits per heavy atom. The predicted molar refractivity (Wildman–Crippen MR) is 169 cm³/mol. The minimum absolute atomic E-state index is 0.0324. The maximum Gasteiger partial charge on any atom is 0.408 e. The Labute approximate surface area is 261 Å². The number of hydrogen-bond acceptors (Lipinski definition) is 20. The first-order chi connectivity index (χ1) is 19.2. The normalized spacial score (nSPS) is 11.1. The number of carbonyl (C=O) groups excluding carboxylic acids is 2. The van der Waals surface area contributed by atoms with E-state index in [1.54, 1.807) is 23.5 Å². The molecule has 0 bridgehead atoms. The van der Waals surface area contributed by atoms with E-state index in [2.05, 4.69) is 25.5 Å². The van der Waals surface area contributed by atoms with Gasteiger partial charge in [0, 0.05) is 15.3 Å². The van der Waals surface area contributed by atoms with E-state index in [0.29, 0.717) is 34.5 Å². The van der Waals surface area contributed by atoms with E-state index in [9.17, 15) is 9.59 Å². The van der Waals surface area contributed by atoms with Crippen LogP contribution in [-0.2, 0) is 29.0 Å². The zero-order chi connectivity index (χ0) is 28.5. The van der Waals surface area contributed by atoms with Crippen LogP contribution in [0.15, 0.2) is 9.98 Å². The molecule has 22 heteroatoms. The number of aliphatic hydroxyl groups excluding tert-OH is 2. The van der Waals surface area contributed by atoms with Gasteiger partial charge in [0.15, 0.2) is 0 Å². The summed E-state index contributed by atoms with van der Waals surface area (Å²) in [6.45, 7) is 0. The number of alkyl carbamates (subject to hydrolysis) is 2. The van der Waals surface area contributed by atoms with Gasteiger partial charge in [-0.1, -0.05) is 11.8 Å². The molecule has 0 aliphatic heterocycles. The van der Waals surface area contributed by atoms with Crippen LogP contribution in [0.4, 0.5) is 9.59 Å². The Balaban J connectivity index is 3.28. The molecule has 0 aromatic heterocycles. The van der Waals surface area contributed by atoms with Crippen molar-refractivity contribution in [1.29, 1.82) is 0 Å². The van der Waals surface area contributed by atoms with Gasteiger partial charge >= 0.3 is 12.2 Å². The molecule has 39 heavy (non-hydrogen) atoms. The van der Waals surface area contributed by atoms with Crippen molar-refractivity contribution in [3.05, 3.63) is 0 Å². The maximum atomic E-state index is 11.6. The van der Waals surface area contributed by atoms with Gasteiger partial charge in [0.2, 0.25) is 12.8 Å². The van der Waals surface area contributed by atoms with Crippen molar-refractivity contribution in [3.63, 3.8) is 0 Å². The number of nitrogens with zero attached hydrogens (tertiary/aromatic N) is 2. The highest BCUT2D eigenvalue weighted by Gasteiger charge is 2.02. The summed E-state index contributed by atoms with van der Waals surface area (Å²) in [4.78, 5) is 50.0. The number of aliphatic imine (C=N–C) groups is 2. The summed E-state index contributed by atoms with van der Waals surface area (Å²) in [5.41, 5.74) is 0. The van der Waals surface area contributed by atoms with Crippen LogP contribution < -0.4 is 10.6 Å². The second-order valence-corrected chi connectivity index (χ2v) is 14.1. The minimum Gasteiger partial charge on any atom is -0.438 e. The Morgan fingerprint density at radius 1 is 0.615 bits per heavy atom. The molecular weight excluding hydrogens is 677 g/mol. The van der Waals surface area contributed by atoms with Crippen molar-refractivity contribution in [3.8, 4) is 0 Å². The van der Waals surface area contributed by atoms with E-state index in [0.717, 1.165) is 21.9 Å². The molecule has 0 aliphatic rings. The summed E-state index contributed by atoms with van der Waals surface area (Å²) in [6, 6.07) is 0. The van der Waals surface area contributed by atoms with Gasteiger partial charge in [-0.05, 0) is 0 Å². The zero-order valence-corrected chi connectivity index (χ0v) is 27.2. The Morgan fingerprint density at radius 3 is 1.59 bits per heavy atom. The van der Waals surface area contributed by atoms with Gasteiger partial charge < -0.3 is 40.1 Å². The molecule has 0 aromatic rings. The summed E-state index contributed by atoms with van der Waals surface area (Å²) < 4.78 is 9.85. The lowest BCUT2D eigenvalue weighted by atomic mass is 11.1. The Bertz CT molecular complexity index is 634. The predicted octanol–water partition coefficient (Wildman–Crippen LogP) is 3.69. The lowest BCUT2D eigenvalue weighted by molar-refractivity contribution is -0.196. The van der Waals surface area contributed by atoms with Crippen molar-refractivity contribution in [1.82, 2.24) is 10.6 Å². The number of rotatable bonds is 28. The molecule has 0 aliphatic carbocycles. The van der Waals surface area contributed by atoms with Crippen LogP contribution in [0.1, 0.15) is 0 Å². The fraction of sp³-hybridized carbons (Fsp3) is 0.765. The Kier molecular flexibility index (Phi) is 34.4. The summed E-state index contributed by atoms with van der Waals surface area (Å²) >= 11 is 11.3. The first-order valence-electron chi connectivity index (χ1n) is 10.4. The van der Waals surface area contributed by atoms with Crippen molar-refractivity contribution >= 4 is 119 Å². The highest BCUT2D eigenvalue weighted by atomic mass is 32.2. The molecule has 0 saturated heterocycles. The van der Waals surface area contributed by atoms with Crippen LogP contribution in [0.25, 0.3) is 0 Å². The standard InChI is InChI=1S/C17H32N4O10S8/c22-7-36-9-26-16(24)20-5-34-13-33-4-19-2-29-31-12-39-15-38-10-27-17(25)21-6-35-14-32-3-18-1-28-30-11-37-8-23/h1-2,22-23H,3-15H2,(H,20,24)(H,21,25)/b18-1+,19-2+. The molecule has 2 amide bonds. The lowest BCUT2D eigenvalue weighted by Gasteiger charge is -2.06. The number of hydrogen-bond donors (Lipinski definition) is 4. The third kappa shape index (κ3) is 34.2. The van der Waals surface area contributed by atoms with Gasteiger partial charge in [0.25, 0.3) is 0 Å². The van der Waals surface area contributed by atoms with E-state index in [1.165, 1.54) is 71.6 Å². The highest BCUT2D eigenvalue weighted by molar-refractivity contribution is 8.16. The van der Waals surface area contributed by atoms with Crippen LogP contribution >= 0.6 is 94.1 Å². The molecular formula is C17H32N4O10S8. The molecule has 0 fully saturated rings. The van der Waals surface area contributed by atoms with Crippen molar-refractivity contribution in [2.24, 2.45) is 9.98 Å². The highest BCUT2D eigenvalue weighted by Crippen LogP contribution is 2.13. The minimum atomic E-state index is -0.517. The second kappa shape index (κ2) is 34.3. The van der Waals surface area contributed by atoms with Crippen LogP contribution in [-0.4, -0.2) is 110 Å². The van der Waals surface area contributed by atoms with Crippen molar-refractivity contribution < 1.29 is 48.8 Å². The van der Waals surface area contributed by atoms with Gasteiger partial charge in [0.1, 0.15) is 23.8 Å². The average molecular weight is 709 g/mol. The fourth-order valence-electron chi connectivity index (χ4n) is 1.40. The topological polar surface area (TPSA) is 179 Å². The molecule has 14 nitrogen and oxygen atoms in total. The van der Waals surface area contributed by atoms with Crippen LogP contribution in [0.3, 0.4) is 0 Å². The number of thioether (sulfide) groups is 8. The van der Waals surface area contributed by atoms with Gasteiger partial charge in [-0.15, -0.1) is 82.3 Å². The third-order valence-electron chi connectivity index (χ3n) is 2.83. The van der Waals surface area contributed by atoms with Crippen molar-refractivity contribution in [2.75, 3.05) is 74.4 Å². The first-order valence-corrected chi connectivity index (χ1v) is 19.6. The number of ether oxygens (including phenoxy) is 2. The van der Waals surface area contributed by atoms with Gasteiger partial charge in [-0.25, -0.2) is 19.6 Å². The first kappa shape index (κ1) is 39.1. The molecule has 0 heterocycles. The van der Waals surface area contributed by atoms with E-state index in [1.807, 2.05) is 0 Å². The fourth-order valence-corrected chi connectivity index (χ4v) is 6.17. The van der Waals surface area contributed by atoms with E-state index < -0.39 is 12.2 Å². The SMILES string of the molecule is O=C(NCSCSC/N=C/OOCSCSCOC(=O)NCSCSC/N=C/OOCSCO)OCSCO. The quantitative estimate of drug-likeness (QED) is 0.0231. The molecule has 4 N–H and O–H groups in total. The molecule has 0 rings (SSSR count). The second-order valence-electron chi connectivity index (χ2n) is 5.48. The van der Waals surface area contributed by atoms with Gasteiger partial charge in [0.05, 0.1) is 35.4 Å². The smallest absolute Gasteiger partial charge is 0.408 e. The van der Waals surface area contributed by atoms with Gasteiger partial charge in [-0.3, -0.25) is 0 Å². The molecule has 0 radical (unpaired) electrons. The molecule has 0 saturated carbocycles. The maximum absolute atomic E-state index is 11.6. The zero-order valence-electron chi connectivity index (χ0n) is 20.7. The summed E-state index contributed by atoms with van der Waals surface area (Å²) in [6.07, 6.45) is 1.43. The van der Waals surface area contributed by atoms with Crippen LogP contribution in [0.5, 0.6) is 0 Å². The monoisotopic (exact) mass is 708 g/mol. The van der Waals surface area contributed by atoms with E-state index >= 15 is 0 Å². The van der Waals surface area contributed by atoms with E-state index in [-0.39, 0.29) is 29.7 Å². The molecule has 0 unspecified atom stereocenters. The third-order valence-corrected chi connectivity index (χ3v) is 9.65. The number of nitrogens with one attached hydrogen (secondary N) is 2. The molecule has 228 valence electrons. The van der Waals surface area contributed by atoms with Gasteiger partial charge in [-0.2, -0.15) is 9.78 Å². The number of amides is 2.